The smallest absolute Gasteiger partial charge is 0.239 e. The Kier molecular flexibility index (Phi) is 2.37. The maximum absolute atomic E-state index is 11.6. The molecule has 1 aliphatic heterocycles. The summed E-state index contributed by atoms with van der Waals surface area (Å²) in [6.07, 6.45) is 0. The van der Waals surface area contributed by atoms with Crippen LogP contribution in [0.15, 0.2) is 24.3 Å². The zero-order chi connectivity index (χ0) is 10.1. The molecule has 2 atom stereocenters. The lowest BCUT2D eigenvalue weighted by Crippen LogP contribution is -2.26. The largest absolute Gasteiger partial charge is 0.325 e. The Hall–Kier alpha value is -1.16. The summed E-state index contributed by atoms with van der Waals surface area (Å²) < 4.78 is 11.6. The number of benzene rings is 1. The van der Waals surface area contributed by atoms with E-state index in [-0.39, 0.29) is 5.91 Å². The minimum atomic E-state index is -1.11. The van der Waals surface area contributed by atoms with Crippen molar-refractivity contribution in [2.45, 2.75) is 17.9 Å². The van der Waals surface area contributed by atoms with Gasteiger partial charge in [-0.25, -0.2) is 0 Å². The monoisotopic (exact) mass is 209 g/mol. The lowest BCUT2D eigenvalue weighted by atomic mass is 10.2. The molecule has 0 saturated heterocycles. The maximum atomic E-state index is 11.6. The van der Waals surface area contributed by atoms with Crippen LogP contribution in [0.5, 0.6) is 0 Å². The topological polar surface area (TPSA) is 46.2 Å². The van der Waals surface area contributed by atoms with Crippen LogP contribution in [0.25, 0.3) is 0 Å². The molecule has 0 aromatic heterocycles. The Labute approximate surface area is 85.0 Å². The Morgan fingerprint density at radius 2 is 2.14 bits per heavy atom. The molecular weight excluding hydrogens is 198 g/mol. The highest BCUT2D eigenvalue weighted by molar-refractivity contribution is 7.85. The molecule has 1 heterocycles. The molecule has 2 unspecified atom stereocenters. The van der Waals surface area contributed by atoms with Gasteiger partial charge in [-0.15, -0.1) is 0 Å². The van der Waals surface area contributed by atoms with Crippen LogP contribution in [0.1, 0.15) is 12.5 Å². The molecule has 4 heteroatoms. The lowest BCUT2D eigenvalue weighted by Gasteiger charge is -2.05. The van der Waals surface area contributed by atoms with Crippen molar-refractivity contribution in [3.05, 3.63) is 29.8 Å². The van der Waals surface area contributed by atoms with Gasteiger partial charge in [0.15, 0.2) is 0 Å². The number of nitrogens with one attached hydrogen (secondary N) is 1. The van der Waals surface area contributed by atoms with Gasteiger partial charge in [0.05, 0.1) is 5.75 Å². The summed E-state index contributed by atoms with van der Waals surface area (Å²) in [5.41, 5.74) is 1.73. The van der Waals surface area contributed by atoms with Crippen LogP contribution in [-0.4, -0.2) is 15.4 Å². The van der Waals surface area contributed by atoms with E-state index >= 15 is 0 Å². The number of anilines is 1. The molecule has 0 saturated carbocycles. The van der Waals surface area contributed by atoms with Gasteiger partial charge in [0.25, 0.3) is 0 Å². The number of hydrogen-bond acceptors (Lipinski definition) is 2. The molecule has 0 aliphatic carbocycles. The summed E-state index contributed by atoms with van der Waals surface area (Å²) in [7, 11) is -1.11. The first-order valence-electron chi connectivity index (χ1n) is 4.44. The third-order valence-electron chi connectivity index (χ3n) is 2.34. The van der Waals surface area contributed by atoms with E-state index in [1.54, 1.807) is 6.92 Å². The molecule has 2 rings (SSSR count). The first-order chi connectivity index (χ1) is 6.68. The fourth-order valence-corrected chi connectivity index (χ4v) is 2.51. The summed E-state index contributed by atoms with van der Waals surface area (Å²) in [4.78, 5) is 11.5. The highest BCUT2D eigenvalue weighted by Crippen LogP contribution is 2.22. The van der Waals surface area contributed by atoms with Gasteiger partial charge in [-0.2, -0.15) is 0 Å². The third kappa shape index (κ3) is 1.57. The fourth-order valence-electron chi connectivity index (χ4n) is 1.40. The van der Waals surface area contributed by atoms with E-state index in [1.165, 1.54) is 0 Å². The molecule has 1 amide bonds. The summed E-state index contributed by atoms with van der Waals surface area (Å²) in [5, 5.41) is 2.34. The van der Waals surface area contributed by atoms with Crippen LogP contribution in [-0.2, 0) is 21.3 Å². The molecular formula is C10H11NO2S. The van der Waals surface area contributed by atoms with Gasteiger partial charge in [0.1, 0.15) is 5.25 Å². The van der Waals surface area contributed by atoms with Crippen LogP contribution < -0.4 is 5.32 Å². The van der Waals surface area contributed by atoms with Gasteiger partial charge < -0.3 is 5.32 Å². The fraction of sp³-hybridized carbons (Fsp3) is 0.300. The van der Waals surface area contributed by atoms with Crippen LogP contribution in [0.3, 0.4) is 0 Å². The summed E-state index contributed by atoms with van der Waals surface area (Å²) in [6.45, 7) is 1.69. The first-order valence-corrected chi connectivity index (χ1v) is 5.82. The van der Waals surface area contributed by atoms with Gasteiger partial charge in [-0.1, -0.05) is 18.2 Å². The number of hydrogen-bond donors (Lipinski definition) is 1. The minimum absolute atomic E-state index is 0.159. The second-order valence-corrected chi connectivity index (χ2v) is 5.07. The van der Waals surface area contributed by atoms with Crippen LogP contribution in [0.4, 0.5) is 5.69 Å². The highest BCUT2D eigenvalue weighted by Gasteiger charge is 2.25. The molecule has 74 valence electrons. The Balaban J connectivity index is 2.44. The third-order valence-corrected chi connectivity index (χ3v) is 3.93. The number of carbonyl (C=O) groups is 1. The zero-order valence-electron chi connectivity index (χ0n) is 7.82. The van der Waals surface area contributed by atoms with Crippen molar-refractivity contribution in [3.8, 4) is 0 Å². The quantitative estimate of drug-likeness (QED) is 0.699. The van der Waals surface area contributed by atoms with Crippen LogP contribution in [0.2, 0.25) is 0 Å². The van der Waals surface area contributed by atoms with E-state index in [4.69, 9.17) is 0 Å². The molecule has 1 aromatic carbocycles. The van der Waals surface area contributed by atoms with Gasteiger partial charge >= 0.3 is 0 Å². The summed E-state index contributed by atoms with van der Waals surface area (Å²) in [6, 6.07) is 7.48. The van der Waals surface area contributed by atoms with E-state index in [0.29, 0.717) is 5.75 Å². The van der Waals surface area contributed by atoms with Crippen molar-refractivity contribution in [2.75, 3.05) is 5.32 Å². The van der Waals surface area contributed by atoms with Crippen LogP contribution >= 0.6 is 0 Å². The van der Waals surface area contributed by atoms with Crippen LogP contribution in [0, 0.1) is 0 Å². The molecule has 3 nitrogen and oxygen atoms in total. The van der Waals surface area contributed by atoms with E-state index in [2.05, 4.69) is 5.32 Å². The second-order valence-electron chi connectivity index (χ2n) is 3.31. The van der Waals surface area contributed by atoms with Crippen molar-refractivity contribution >= 4 is 22.4 Å². The standard InChI is InChI=1S/C10H11NO2S/c1-7-10(12)11-9-5-3-2-4-8(9)6-14(7)13/h2-5,7H,6H2,1H3,(H,11,12). The van der Waals surface area contributed by atoms with Gasteiger partial charge in [-0.3, -0.25) is 9.00 Å². The van der Waals surface area contributed by atoms with Crippen molar-refractivity contribution in [2.24, 2.45) is 0 Å². The lowest BCUT2D eigenvalue weighted by molar-refractivity contribution is -0.115. The molecule has 0 spiro atoms. The molecule has 14 heavy (non-hydrogen) atoms. The number of carbonyl (C=O) groups excluding carboxylic acids is 1. The van der Waals surface area contributed by atoms with Gasteiger partial charge in [0, 0.05) is 16.5 Å². The van der Waals surface area contributed by atoms with E-state index < -0.39 is 16.0 Å². The van der Waals surface area contributed by atoms with Crippen molar-refractivity contribution < 1.29 is 9.00 Å². The minimum Gasteiger partial charge on any atom is -0.325 e. The van der Waals surface area contributed by atoms with E-state index in [9.17, 15) is 9.00 Å². The normalized spacial score (nSPS) is 26.2. The van der Waals surface area contributed by atoms with Gasteiger partial charge in [-0.05, 0) is 18.6 Å². The van der Waals surface area contributed by atoms with Crippen molar-refractivity contribution in [1.29, 1.82) is 0 Å². The highest BCUT2D eigenvalue weighted by atomic mass is 32.2. The van der Waals surface area contributed by atoms with Crippen molar-refractivity contribution in [1.82, 2.24) is 0 Å². The average molecular weight is 209 g/mol. The molecule has 1 aromatic rings. The molecule has 0 radical (unpaired) electrons. The Morgan fingerprint density at radius 1 is 1.43 bits per heavy atom. The van der Waals surface area contributed by atoms with Gasteiger partial charge in [0.2, 0.25) is 5.91 Å². The molecule has 1 N–H and O–H groups in total. The van der Waals surface area contributed by atoms with E-state index in [1.807, 2.05) is 24.3 Å². The number of amides is 1. The zero-order valence-corrected chi connectivity index (χ0v) is 8.64. The molecule has 1 aliphatic rings. The Bertz CT molecular complexity index is 366. The van der Waals surface area contributed by atoms with E-state index in [0.717, 1.165) is 11.3 Å². The number of rotatable bonds is 0. The number of para-hydroxylation sites is 1. The average Bonchev–Trinajstić information content (AvgIpc) is 2.28. The maximum Gasteiger partial charge on any atom is 0.239 e. The Morgan fingerprint density at radius 3 is 2.93 bits per heavy atom. The first kappa shape index (κ1) is 9.40. The van der Waals surface area contributed by atoms with Crippen molar-refractivity contribution in [3.63, 3.8) is 0 Å². The second kappa shape index (κ2) is 3.53. The number of fused-ring (bicyclic) bond motifs is 1. The molecule has 0 bridgehead atoms. The predicted octanol–water partition coefficient (Wildman–Crippen LogP) is 1.28. The molecule has 0 fully saturated rings. The summed E-state index contributed by atoms with van der Waals surface area (Å²) >= 11 is 0. The summed E-state index contributed by atoms with van der Waals surface area (Å²) in [5.74, 6) is 0.295. The SMILES string of the molecule is CC1C(=O)Nc2ccccc2CS1=O. The predicted molar refractivity (Wildman–Crippen MR) is 56.4 cm³/mol.